The lowest BCUT2D eigenvalue weighted by atomic mass is 10.1. The van der Waals surface area contributed by atoms with E-state index < -0.39 is 11.6 Å². The number of H-pyrrole nitrogens is 1. The van der Waals surface area contributed by atoms with Crippen LogP contribution >= 0.6 is 0 Å². The van der Waals surface area contributed by atoms with Crippen LogP contribution in [-0.4, -0.2) is 22.4 Å². The second kappa shape index (κ2) is 8.10. The Morgan fingerprint density at radius 3 is 2.72 bits per heavy atom. The molecule has 146 valence electrons. The fourth-order valence-electron chi connectivity index (χ4n) is 2.99. The van der Waals surface area contributed by atoms with Crippen molar-refractivity contribution in [3.05, 3.63) is 89.8 Å². The van der Waals surface area contributed by atoms with Gasteiger partial charge in [-0.05, 0) is 60.5 Å². The molecule has 0 unspecified atom stereocenters. The van der Waals surface area contributed by atoms with Gasteiger partial charge in [0.05, 0.1) is 0 Å². The Morgan fingerprint density at radius 1 is 1.10 bits per heavy atom. The van der Waals surface area contributed by atoms with Gasteiger partial charge < -0.3 is 15.0 Å². The predicted molar refractivity (Wildman–Crippen MR) is 105 cm³/mol. The van der Waals surface area contributed by atoms with Crippen molar-refractivity contribution >= 4 is 16.9 Å². The first-order valence-corrected chi connectivity index (χ1v) is 9.02. The maximum Gasteiger partial charge on any atom is 0.251 e. The summed E-state index contributed by atoms with van der Waals surface area (Å²) in [7, 11) is 0. The molecule has 0 fully saturated rings. The van der Waals surface area contributed by atoms with Crippen molar-refractivity contribution in [2.45, 2.75) is 6.42 Å². The summed E-state index contributed by atoms with van der Waals surface area (Å²) in [5, 5.41) is 3.91. The van der Waals surface area contributed by atoms with Crippen LogP contribution in [0.25, 0.3) is 11.0 Å². The molecule has 0 saturated heterocycles. The molecule has 2 heterocycles. The molecule has 4 aromatic rings. The number of carbonyl (C=O) groups excluding carboxylic acids is 1. The number of halogens is 2. The van der Waals surface area contributed by atoms with Crippen LogP contribution in [0.2, 0.25) is 0 Å². The highest BCUT2D eigenvalue weighted by molar-refractivity contribution is 5.94. The van der Waals surface area contributed by atoms with Gasteiger partial charge in [-0.3, -0.25) is 4.79 Å². The Hall–Kier alpha value is -3.74. The average Bonchev–Trinajstić information content (AvgIpc) is 3.14. The lowest BCUT2D eigenvalue weighted by Gasteiger charge is -2.08. The second-order valence-electron chi connectivity index (χ2n) is 6.42. The normalized spacial score (nSPS) is 10.8. The van der Waals surface area contributed by atoms with Crippen molar-refractivity contribution in [2.75, 3.05) is 6.54 Å². The highest BCUT2D eigenvalue weighted by Crippen LogP contribution is 2.25. The van der Waals surface area contributed by atoms with Crippen molar-refractivity contribution in [1.82, 2.24) is 15.3 Å². The molecule has 5 nitrogen and oxygen atoms in total. The average molecular weight is 393 g/mol. The molecular formula is C22H17F2N3O2. The third-order valence-corrected chi connectivity index (χ3v) is 4.45. The number of aromatic nitrogens is 2. The van der Waals surface area contributed by atoms with Gasteiger partial charge in [-0.2, -0.15) is 0 Å². The van der Waals surface area contributed by atoms with Gasteiger partial charge in [-0.25, -0.2) is 13.8 Å². The number of benzene rings is 2. The van der Waals surface area contributed by atoms with Crippen LogP contribution < -0.4 is 10.1 Å². The Bertz CT molecular complexity index is 1160. The van der Waals surface area contributed by atoms with E-state index in [0.29, 0.717) is 24.3 Å². The zero-order chi connectivity index (χ0) is 20.2. The number of hydrogen-bond donors (Lipinski definition) is 2. The molecule has 0 atom stereocenters. The van der Waals surface area contributed by atoms with Gasteiger partial charge in [0.2, 0.25) is 0 Å². The molecule has 0 spiro atoms. The summed E-state index contributed by atoms with van der Waals surface area (Å²) >= 11 is 0. The molecule has 2 N–H and O–H groups in total. The minimum atomic E-state index is -0.792. The molecule has 2 aromatic heterocycles. The third kappa shape index (κ3) is 4.24. The van der Waals surface area contributed by atoms with Crippen LogP contribution in [0.5, 0.6) is 11.5 Å². The maximum absolute atomic E-state index is 13.7. The van der Waals surface area contributed by atoms with Crippen LogP contribution in [0.1, 0.15) is 15.9 Å². The summed E-state index contributed by atoms with van der Waals surface area (Å²) in [5.74, 6) is -1.43. The number of nitrogens with one attached hydrogen (secondary N) is 2. The number of nitrogens with zero attached hydrogens (tertiary/aromatic N) is 1. The summed E-state index contributed by atoms with van der Waals surface area (Å²) in [6.45, 7) is 0.472. The number of amides is 1. The van der Waals surface area contributed by atoms with Crippen molar-refractivity contribution in [3.63, 3.8) is 0 Å². The topological polar surface area (TPSA) is 67.0 Å². The van der Waals surface area contributed by atoms with E-state index in [-0.39, 0.29) is 11.7 Å². The first-order chi connectivity index (χ1) is 14.1. The van der Waals surface area contributed by atoms with E-state index in [1.54, 1.807) is 30.5 Å². The van der Waals surface area contributed by atoms with Gasteiger partial charge in [0.25, 0.3) is 5.91 Å². The molecule has 0 saturated carbocycles. The van der Waals surface area contributed by atoms with Gasteiger partial charge in [-0.15, -0.1) is 0 Å². The molecule has 4 rings (SSSR count). The summed E-state index contributed by atoms with van der Waals surface area (Å²) in [6, 6.07) is 13.2. The number of rotatable bonds is 6. The van der Waals surface area contributed by atoms with Crippen molar-refractivity contribution < 1.29 is 18.3 Å². The van der Waals surface area contributed by atoms with Gasteiger partial charge in [0, 0.05) is 36.0 Å². The minimum Gasteiger partial charge on any atom is -0.454 e. The Labute approximate surface area is 165 Å². The zero-order valence-corrected chi connectivity index (χ0v) is 15.3. The molecule has 0 aliphatic carbocycles. The summed E-state index contributed by atoms with van der Waals surface area (Å²) in [6.07, 6.45) is 4.29. The standard InChI is InChI=1S/C22H17F2N3O2/c23-16-5-8-20(19(24)12-16)29-17-6-3-14(4-7-17)22(28)26-11-9-15-13-27-21-18(15)2-1-10-25-21/h1-8,10,12-13H,9,11H2,(H,25,27)(H,26,28). The van der Waals surface area contributed by atoms with Crippen LogP contribution in [-0.2, 0) is 6.42 Å². The molecular weight excluding hydrogens is 376 g/mol. The van der Waals surface area contributed by atoms with Crippen molar-refractivity contribution in [3.8, 4) is 11.5 Å². The highest BCUT2D eigenvalue weighted by atomic mass is 19.1. The largest absolute Gasteiger partial charge is 0.454 e. The lowest BCUT2D eigenvalue weighted by Crippen LogP contribution is -2.25. The number of aromatic amines is 1. The van der Waals surface area contributed by atoms with E-state index in [0.717, 1.165) is 28.7 Å². The highest BCUT2D eigenvalue weighted by Gasteiger charge is 2.09. The molecule has 2 aromatic carbocycles. The van der Waals surface area contributed by atoms with Gasteiger partial charge in [0.15, 0.2) is 11.6 Å². The maximum atomic E-state index is 13.7. The quantitative estimate of drug-likeness (QED) is 0.503. The van der Waals surface area contributed by atoms with Crippen molar-refractivity contribution in [1.29, 1.82) is 0 Å². The van der Waals surface area contributed by atoms with Gasteiger partial charge in [0.1, 0.15) is 17.2 Å². The zero-order valence-electron chi connectivity index (χ0n) is 15.3. The van der Waals surface area contributed by atoms with Crippen molar-refractivity contribution in [2.24, 2.45) is 0 Å². The van der Waals surface area contributed by atoms with E-state index in [1.165, 1.54) is 6.07 Å². The third-order valence-electron chi connectivity index (χ3n) is 4.45. The van der Waals surface area contributed by atoms with E-state index in [9.17, 15) is 13.6 Å². The Morgan fingerprint density at radius 2 is 1.93 bits per heavy atom. The Balaban J connectivity index is 1.34. The molecule has 7 heteroatoms. The van der Waals surface area contributed by atoms with Crippen LogP contribution in [0, 0.1) is 11.6 Å². The predicted octanol–water partition coefficient (Wildman–Crippen LogP) is 4.61. The smallest absolute Gasteiger partial charge is 0.251 e. The van der Waals surface area contributed by atoms with Gasteiger partial charge in [-0.1, -0.05) is 0 Å². The molecule has 0 radical (unpaired) electrons. The Kier molecular flexibility index (Phi) is 5.20. The monoisotopic (exact) mass is 393 g/mol. The van der Waals surface area contributed by atoms with E-state index in [2.05, 4.69) is 15.3 Å². The number of fused-ring (bicyclic) bond motifs is 1. The first-order valence-electron chi connectivity index (χ1n) is 9.02. The SMILES string of the molecule is O=C(NCCc1c[nH]c2ncccc12)c1ccc(Oc2ccc(F)cc2F)cc1. The fourth-order valence-corrected chi connectivity index (χ4v) is 2.99. The number of hydrogen-bond acceptors (Lipinski definition) is 3. The first kappa shape index (κ1) is 18.6. The fraction of sp³-hybridized carbons (Fsp3) is 0.0909. The van der Waals surface area contributed by atoms with Gasteiger partial charge >= 0.3 is 0 Å². The lowest BCUT2D eigenvalue weighted by molar-refractivity contribution is 0.0954. The van der Waals surface area contributed by atoms with E-state index in [1.807, 2.05) is 18.3 Å². The number of carbonyl (C=O) groups is 1. The summed E-state index contributed by atoms with van der Waals surface area (Å²) in [4.78, 5) is 19.7. The second-order valence-corrected chi connectivity index (χ2v) is 6.42. The number of ether oxygens (including phenoxy) is 1. The molecule has 29 heavy (non-hydrogen) atoms. The minimum absolute atomic E-state index is 0.0863. The molecule has 0 aliphatic heterocycles. The van der Waals surface area contributed by atoms with E-state index >= 15 is 0 Å². The van der Waals surface area contributed by atoms with Crippen LogP contribution in [0.4, 0.5) is 8.78 Å². The summed E-state index contributed by atoms with van der Waals surface area (Å²) in [5.41, 5.74) is 2.36. The number of pyridine rings is 1. The molecule has 0 aliphatic rings. The molecule has 1 amide bonds. The van der Waals surface area contributed by atoms with E-state index in [4.69, 9.17) is 4.74 Å². The van der Waals surface area contributed by atoms with Crippen LogP contribution in [0.3, 0.4) is 0 Å². The molecule has 0 bridgehead atoms. The van der Waals surface area contributed by atoms with Crippen LogP contribution in [0.15, 0.2) is 67.0 Å². The summed E-state index contributed by atoms with van der Waals surface area (Å²) < 4.78 is 32.0.